The van der Waals surface area contributed by atoms with Crippen molar-refractivity contribution in [2.75, 3.05) is 5.75 Å². The normalized spacial score (nSPS) is 25.1. The fraction of sp³-hybridized carbons (Fsp3) is 0.417. The molecule has 92 valence electrons. The van der Waals surface area contributed by atoms with Crippen LogP contribution in [0.2, 0.25) is 0 Å². The monoisotopic (exact) mass is 254 g/mol. The van der Waals surface area contributed by atoms with Crippen LogP contribution >= 0.6 is 0 Å². The molecule has 17 heavy (non-hydrogen) atoms. The van der Waals surface area contributed by atoms with Crippen LogP contribution in [0, 0.1) is 0 Å². The predicted octanol–water partition coefficient (Wildman–Crippen LogP) is 1.21. The Bertz CT molecular complexity index is 507. The van der Waals surface area contributed by atoms with Crippen LogP contribution in [-0.2, 0) is 19.4 Å². The Kier molecular flexibility index (Phi) is 3.31. The molecular weight excluding hydrogens is 240 g/mol. The summed E-state index contributed by atoms with van der Waals surface area (Å²) in [6, 6.07) is 8.12. The van der Waals surface area contributed by atoms with Gasteiger partial charge in [0.05, 0.1) is 16.8 Å². The van der Waals surface area contributed by atoms with E-state index in [1.807, 2.05) is 0 Å². The summed E-state index contributed by atoms with van der Waals surface area (Å²) in [6.07, 6.45) is -0.691. The molecular formula is C12H14O4S. The van der Waals surface area contributed by atoms with Crippen molar-refractivity contribution >= 4 is 15.6 Å². The number of hydrogen-bond acceptors (Lipinski definition) is 4. The zero-order chi connectivity index (χ0) is 12.5. The molecule has 1 aromatic rings. The number of rotatable bonds is 3. The maximum absolute atomic E-state index is 12.0. The number of ether oxygens (including phenoxy) is 1. The Morgan fingerprint density at radius 2 is 1.94 bits per heavy atom. The van der Waals surface area contributed by atoms with Crippen LogP contribution in [0.15, 0.2) is 35.2 Å². The largest absolute Gasteiger partial charge is 0.366 e. The molecule has 2 atom stereocenters. The third kappa shape index (κ3) is 2.73. The first-order valence-electron chi connectivity index (χ1n) is 5.45. The van der Waals surface area contributed by atoms with Gasteiger partial charge >= 0.3 is 0 Å². The molecule has 1 aliphatic rings. The van der Waals surface area contributed by atoms with Crippen LogP contribution in [0.4, 0.5) is 0 Å². The van der Waals surface area contributed by atoms with Gasteiger partial charge in [-0.2, -0.15) is 0 Å². The predicted molar refractivity (Wildman–Crippen MR) is 62.5 cm³/mol. The molecule has 1 aliphatic heterocycles. The van der Waals surface area contributed by atoms with Gasteiger partial charge in [-0.25, -0.2) is 8.42 Å². The molecule has 1 fully saturated rings. The van der Waals surface area contributed by atoms with Crippen molar-refractivity contribution in [3.05, 3.63) is 30.3 Å². The van der Waals surface area contributed by atoms with E-state index in [0.29, 0.717) is 6.42 Å². The first-order chi connectivity index (χ1) is 7.99. The summed E-state index contributed by atoms with van der Waals surface area (Å²) in [4.78, 5) is 11.7. The fourth-order valence-corrected chi connectivity index (χ4v) is 3.30. The van der Waals surface area contributed by atoms with Gasteiger partial charge in [-0.15, -0.1) is 0 Å². The molecule has 0 spiro atoms. The second-order valence-electron chi connectivity index (χ2n) is 4.20. The van der Waals surface area contributed by atoms with E-state index in [1.54, 1.807) is 25.1 Å². The third-order valence-corrected chi connectivity index (χ3v) is 4.45. The maximum atomic E-state index is 12.0. The molecule has 1 heterocycles. The summed E-state index contributed by atoms with van der Waals surface area (Å²) in [5.41, 5.74) is 0. The lowest BCUT2D eigenvalue weighted by Gasteiger charge is -2.10. The Hall–Kier alpha value is -1.20. The minimum absolute atomic E-state index is 0.128. The third-order valence-electron chi connectivity index (χ3n) is 2.72. The van der Waals surface area contributed by atoms with Crippen molar-refractivity contribution < 1.29 is 17.9 Å². The zero-order valence-corrected chi connectivity index (χ0v) is 10.3. The summed E-state index contributed by atoms with van der Waals surface area (Å²) < 4.78 is 29.3. The second kappa shape index (κ2) is 4.58. The van der Waals surface area contributed by atoms with Crippen LogP contribution in [0.5, 0.6) is 0 Å². The van der Waals surface area contributed by atoms with Crippen LogP contribution in [-0.4, -0.2) is 32.2 Å². The van der Waals surface area contributed by atoms with Crippen molar-refractivity contribution in [3.8, 4) is 0 Å². The smallest absolute Gasteiger partial charge is 0.181 e. The molecule has 0 aromatic heterocycles. The first-order valence-corrected chi connectivity index (χ1v) is 7.10. The molecule has 2 rings (SSSR count). The minimum Gasteiger partial charge on any atom is -0.366 e. The molecule has 0 N–H and O–H groups in total. The Balaban J connectivity index is 2.16. The average molecular weight is 254 g/mol. The van der Waals surface area contributed by atoms with E-state index in [4.69, 9.17) is 4.74 Å². The van der Waals surface area contributed by atoms with Gasteiger partial charge in [0.15, 0.2) is 15.6 Å². The molecule has 0 radical (unpaired) electrons. The van der Waals surface area contributed by atoms with E-state index in [9.17, 15) is 13.2 Å². The Morgan fingerprint density at radius 3 is 2.47 bits per heavy atom. The summed E-state index contributed by atoms with van der Waals surface area (Å²) in [6.45, 7) is 1.77. The molecule has 4 nitrogen and oxygen atoms in total. The molecule has 1 aromatic carbocycles. The molecule has 0 aliphatic carbocycles. The van der Waals surface area contributed by atoms with Gasteiger partial charge < -0.3 is 4.74 Å². The first kappa shape index (κ1) is 12.3. The van der Waals surface area contributed by atoms with Crippen molar-refractivity contribution in [1.82, 2.24) is 0 Å². The van der Waals surface area contributed by atoms with E-state index < -0.39 is 15.9 Å². The zero-order valence-electron chi connectivity index (χ0n) is 9.50. The van der Waals surface area contributed by atoms with Crippen LogP contribution in [0.25, 0.3) is 0 Å². The van der Waals surface area contributed by atoms with Gasteiger partial charge in [0.25, 0.3) is 0 Å². The number of carbonyl (C=O) groups excluding carboxylic acids is 1. The number of ketones is 1. The maximum Gasteiger partial charge on any atom is 0.181 e. The Morgan fingerprint density at radius 1 is 1.29 bits per heavy atom. The highest BCUT2D eigenvalue weighted by molar-refractivity contribution is 7.91. The highest BCUT2D eigenvalue weighted by Gasteiger charge is 2.34. The lowest BCUT2D eigenvalue weighted by Crippen LogP contribution is -2.26. The molecule has 1 saturated heterocycles. The van der Waals surface area contributed by atoms with E-state index in [2.05, 4.69) is 0 Å². The van der Waals surface area contributed by atoms with Crippen LogP contribution in [0.1, 0.15) is 13.3 Å². The van der Waals surface area contributed by atoms with E-state index >= 15 is 0 Å². The standard InChI is InChI=1S/C12H14O4S/c1-9-7-11(13)12(16-9)8-17(14,15)10-5-3-2-4-6-10/h2-6,9,12H,7-8H2,1H3/t9-,12+/m0/s1. The minimum atomic E-state index is -3.45. The van der Waals surface area contributed by atoms with Crippen molar-refractivity contribution in [3.63, 3.8) is 0 Å². The van der Waals surface area contributed by atoms with Gasteiger partial charge in [0.1, 0.15) is 6.10 Å². The van der Waals surface area contributed by atoms with Gasteiger partial charge in [0.2, 0.25) is 0 Å². The number of benzene rings is 1. The summed E-state index contributed by atoms with van der Waals surface area (Å²) in [5, 5.41) is 0. The molecule has 0 bridgehead atoms. The van der Waals surface area contributed by atoms with Gasteiger partial charge in [-0.3, -0.25) is 4.79 Å². The highest BCUT2D eigenvalue weighted by atomic mass is 32.2. The lowest BCUT2D eigenvalue weighted by molar-refractivity contribution is -0.121. The fourth-order valence-electron chi connectivity index (χ4n) is 1.87. The SMILES string of the molecule is C[C@H]1CC(=O)[C@@H](CS(=O)(=O)c2ccccc2)O1. The summed E-state index contributed by atoms with van der Waals surface area (Å²) in [5.74, 6) is -0.391. The highest BCUT2D eigenvalue weighted by Crippen LogP contribution is 2.20. The van der Waals surface area contributed by atoms with Gasteiger partial charge in [0, 0.05) is 6.42 Å². The number of hydrogen-bond donors (Lipinski definition) is 0. The summed E-state index contributed by atoms with van der Waals surface area (Å²) >= 11 is 0. The van der Waals surface area contributed by atoms with Gasteiger partial charge in [-0.05, 0) is 19.1 Å². The average Bonchev–Trinajstić information content (AvgIpc) is 2.58. The van der Waals surface area contributed by atoms with Crippen molar-refractivity contribution in [2.24, 2.45) is 0 Å². The summed E-state index contributed by atoms with van der Waals surface area (Å²) in [7, 11) is -3.45. The van der Waals surface area contributed by atoms with Crippen molar-refractivity contribution in [1.29, 1.82) is 0 Å². The van der Waals surface area contributed by atoms with E-state index in [1.165, 1.54) is 12.1 Å². The lowest BCUT2D eigenvalue weighted by atomic mass is 10.2. The van der Waals surface area contributed by atoms with Crippen LogP contribution < -0.4 is 0 Å². The van der Waals surface area contributed by atoms with Gasteiger partial charge in [-0.1, -0.05) is 18.2 Å². The molecule has 5 heteroatoms. The molecule has 0 amide bonds. The topological polar surface area (TPSA) is 60.4 Å². The number of carbonyl (C=O) groups is 1. The number of sulfone groups is 1. The second-order valence-corrected chi connectivity index (χ2v) is 6.23. The van der Waals surface area contributed by atoms with E-state index in [0.717, 1.165) is 0 Å². The van der Waals surface area contributed by atoms with Crippen LogP contribution in [0.3, 0.4) is 0 Å². The molecule has 0 saturated carbocycles. The molecule has 0 unspecified atom stereocenters. The quantitative estimate of drug-likeness (QED) is 0.813. The number of Topliss-reactive ketones (excluding diaryl/α,β-unsaturated/α-hetero) is 1. The van der Waals surface area contributed by atoms with Crippen molar-refractivity contribution in [2.45, 2.75) is 30.4 Å². The Labute approximate surface area is 101 Å². The van der Waals surface area contributed by atoms with E-state index in [-0.39, 0.29) is 22.5 Å².